The molecule has 2 rings (SSSR count). The number of rotatable bonds is 4. The minimum atomic E-state index is -0.457. The van der Waals surface area contributed by atoms with Crippen LogP contribution in [0.1, 0.15) is 19.3 Å². The van der Waals surface area contributed by atoms with Gasteiger partial charge in [-0.2, -0.15) is 0 Å². The lowest BCUT2D eigenvalue weighted by atomic mass is 10.0. The lowest BCUT2D eigenvalue weighted by Gasteiger charge is -2.31. The third-order valence-electron chi connectivity index (χ3n) is 3.32. The average Bonchev–Trinajstić information content (AvgIpc) is 2.42. The normalized spacial score (nSPS) is 19.9. The zero-order valence-corrected chi connectivity index (χ0v) is 10.6. The fraction of sp³-hybridized carbons (Fsp3) is 0.429. The number of hydrogen-bond donors (Lipinski definition) is 1. The predicted molar refractivity (Wildman–Crippen MR) is 70.3 cm³/mol. The zero-order chi connectivity index (χ0) is 13.7. The van der Waals surface area contributed by atoms with Gasteiger partial charge in [-0.25, -0.2) is 4.39 Å². The largest absolute Gasteiger partial charge is 0.322 e. The number of aldehydes is 1. The SMILES string of the molecule is O=CC1CCCCN1CC(=O)Nc1ccccc1F. The van der Waals surface area contributed by atoms with Crippen molar-refractivity contribution in [3.05, 3.63) is 30.1 Å². The van der Waals surface area contributed by atoms with Crippen molar-refractivity contribution in [2.24, 2.45) is 0 Å². The average molecular weight is 264 g/mol. The van der Waals surface area contributed by atoms with Crippen molar-refractivity contribution in [1.82, 2.24) is 4.90 Å². The summed E-state index contributed by atoms with van der Waals surface area (Å²) in [5.74, 6) is -0.750. The molecule has 1 unspecified atom stereocenters. The molecule has 1 aliphatic rings. The zero-order valence-electron chi connectivity index (χ0n) is 10.6. The number of carbonyl (C=O) groups excluding carboxylic acids is 2. The number of piperidine rings is 1. The number of nitrogens with one attached hydrogen (secondary N) is 1. The molecule has 1 aromatic rings. The van der Waals surface area contributed by atoms with E-state index in [4.69, 9.17) is 0 Å². The van der Waals surface area contributed by atoms with Crippen LogP contribution < -0.4 is 5.32 Å². The summed E-state index contributed by atoms with van der Waals surface area (Å²) in [6.07, 6.45) is 3.66. The molecule has 0 aliphatic carbocycles. The summed E-state index contributed by atoms with van der Waals surface area (Å²) in [6.45, 7) is 0.853. The molecule has 1 saturated heterocycles. The van der Waals surface area contributed by atoms with Crippen LogP contribution in [0.3, 0.4) is 0 Å². The van der Waals surface area contributed by atoms with E-state index in [0.29, 0.717) is 0 Å². The third kappa shape index (κ3) is 3.61. The lowest BCUT2D eigenvalue weighted by molar-refractivity contribution is -0.120. The highest BCUT2D eigenvalue weighted by Gasteiger charge is 2.23. The molecule has 1 aromatic carbocycles. The summed E-state index contributed by atoms with van der Waals surface area (Å²) in [4.78, 5) is 24.6. The van der Waals surface area contributed by atoms with Gasteiger partial charge in [-0.05, 0) is 31.5 Å². The minimum Gasteiger partial charge on any atom is -0.322 e. The molecule has 4 nitrogen and oxygen atoms in total. The monoisotopic (exact) mass is 264 g/mol. The molecule has 0 bridgehead atoms. The fourth-order valence-electron chi connectivity index (χ4n) is 2.30. The Morgan fingerprint density at radius 1 is 1.42 bits per heavy atom. The van der Waals surface area contributed by atoms with Crippen LogP contribution in [0.4, 0.5) is 10.1 Å². The molecule has 102 valence electrons. The summed E-state index contributed by atoms with van der Waals surface area (Å²) < 4.78 is 13.4. The van der Waals surface area contributed by atoms with Crippen molar-refractivity contribution >= 4 is 17.9 Å². The van der Waals surface area contributed by atoms with E-state index in [1.807, 2.05) is 4.90 Å². The Morgan fingerprint density at radius 3 is 2.95 bits per heavy atom. The smallest absolute Gasteiger partial charge is 0.238 e. The van der Waals surface area contributed by atoms with Crippen LogP contribution in [-0.2, 0) is 9.59 Å². The van der Waals surface area contributed by atoms with E-state index in [0.717, 1.165) is 32.1 Å². The van der Waals surface area contributed by atoms with Crippen LogP contribution in [0.25, 0.3) is 0 Å². The highest BCUT2D eigenvalue weighted by Crippen LogP contribution is 2.16. The first-order chi connectivity index (χ1) is 9.20. The van der Waals surface area contributed by atoms with E-state index >= 15 is 0 Å². The van der Waals surface area contributed by atoms with Gasteiger partial charge in [0.15, 0.2) is 0 Å². The Morgan fingerprint density at radius 2 is 2.21 bits per heavy atom. The number of amides is 1. The van der Waals surface area contributed by atoms with Gasteiger partial charge in [0, 0.05) is 0 Å². The first kappa shape index (κ1) is 13.7. The Labute approximate surface area is 111 Å². The summed E-state index contributed by atoms with van der Waals surface area (Å²) >= 11 is 0. The molecule has 0 spiro atoms. The molecule has 1 aliphatic heterocycles. The summed E-state index contributed by atoms with van der Waals surface area (Å²) in [6, 6.07) is 5.84. The van der Waals surface area contributed by atoms with Gasteiger partial charge >= 0.3 is 0 Å². The molecule has 0 saturated carbocycles. The standard InChI is InChI=1S/C14H17FN2O2/c15-12-6-1-2-7-13(12)16-14(19)9-17-8-4-3-5-11(17)10-18/h1-2,6-7,10-11H,3-5,8-9H2,(H,16,19). The van der Waals surface area contributed by atoms with Crippen molar-refractivity contribution in [1.29, 1.82) is 0 Å². The Bertz CT molecular complexity index is 465. The van der Waals surface area contributed by atoms with Crippen LogP contribution in [0.2, 0.25) is 0 Å². The molecule has 1 N–H and O–H groups in total. The van der Waals surface area contributed by atoms with Gasteiger partial charge in [0.05, 0.1) is 18.3 Å². The van der Waals surface area contributed by atoms with Gasteiger partial charge in [0.2, 0.25) is 5.91 Å². The first-order valence-corrected chi connectivity index (χ1v) is 6.44. The van der Waals surface area contributed by atoms with Gasteiger partial charge in [0.25, 0.3) is 0 Å². The molecule has 1 fully saturated rings. The van der Waals surface area contributed by atoms with E-state index in [-0.39, 0.29) is 24.2 Å². The van der Waals surface area contributed by atoms with Gasteiger partial charge < -0.3 is 10.1 Å². The maximum atomic E-state index is 13.4. The highest BCUT2D eigenvalue weighted by molar-refractivity contribution is 5.92. The molecular formula is C14H17FN2O2. The highest BCUT2D eigenvalue weighted by atomic mass is 19.1. The summed E-state index contributed by atoms with van der Waals surface area (Å²) in [7, 11) is 0. The fourth-order valence-corrected chi connectivity index (χ4v) is 2.30. The number of likely N-dealkylation sites (tertiary alicyclic amines) is 1. The van der Waals surface area contributed by atoms with Crippen LogP contribution >= 0.6 is 0 Å². The maximum Gasteiger partial charge on any atom is 0.238 e. The molecule has 1 heterocycles. The van der Waals surface area contributed by atoms with E-state index in [9.17, 15) is 14.0 Å². The van der Waals surface area contributed by atoms with E-state index in [1.165, 1.54) is 12.1 Å². The van der Waals surface area contributed by atoms with Gasteiger partial charge in [-0.3, -0.25) is 9.69 Å². The van der Waals surface area contributed by atoms with Crippen LogP contribution in [-0.4, -0.2) is 36.2 Å². The number of anilines is 1. The number of halogens is 1. The summed E-state index contributed by atoms with van der Waals surface area (Å²) in [5, 5.41) is 2.53. The Kier molecular flexibility index (Phi) is 4.63. The number of benzene rings is 1. The molecular weight excluding hydrogens is 247 g/mol. The number of para-hydroxylation sites is 1. The van der Waals surface area contributed by atoms with E-state index in [2.05, 4.69) is 5.32 Å². The molecule has 0 aromatic heterocycles. The lowest BCUT2D eigenvalue weighted by Crippen LogP contribution is -2.44. The van der Waals surface area contributed by atoms with E-state index < -0.39 is 5.82 Å². The molecule has 1 amide bonds. The second-order valence-corrected chi connectivity index (χ2v) is 4.70. The first-order valence-electron chi connectivity index (χ1n) is 6.44. The quantitative estimate of drug-likeness (QED) is 0.844. The Hall–Kier alpha value is -1.75. The third-order valence-corrected chi connectivity index (χ3v) is 3.32. The van der Waals surface area contributed by atoms with E-state index in [1.54, 1.807) is 12.1 Å². The van der Waals surface area contributed by atoms with Crippen molar-refractivity contribution in [2.45, 2.75) is 25.3 Å². The minimum absolute atomic E-state index is 0.123. The molecule has 0 radical (unpaired) electrons. The van der Waals surface area contributed by atoms with Crippen molar-refractivity contribution in [3.8, 4) is 0 Å². The maximum absolute atomic E-state index is 13.4. The van der Waals surface area contributed by atoms with Crippen LogP contribution in [0, 0.1) is 5.82 Å². The number of nitrogens with zero attached hydrogens (tertiary/aromatic N) is 1. The topological polar surface area (TPSA) is 49.4 Å². The predicted octanol–water partition coefficient (Wildman–Crippen LogP) is 1.82. The molecule has 19 heavy (non-hydrogen) atoms. The van der Waals surface area contributed by atoms with Crippen molar-refractivity contribution < 1.29 is 14.0 Å². The number of carbonyl (C=O) groups is 2. The Balaban J connectivity index is 1.94. The number of hydrogen-bond acceptors (Lipinski definition) is 3. The van der Waals surface area contributed by atoms with Crippen molar-refractivity contribution in [3.63, 3.8) is 0 Å². The second-order valence-electron chi connectivity index (χ2n) is 4.70. The molecule has 1 atom stereocenters. The van der Waals surface area contributed by atoms with Gasteiger partial charge in [-0.15, -0.1) is 0 Å². The van der Waals surface area contributed by atoms with Gasteiger partial charge in [-0.1, -0.05) is 18.6 Å². The second kappa shape index (κ2) is 6.43. The van der Waals surface area contributed by atoms with Gasteiger partial charge in [0.1, 0.15) is 12.1 Å². The van der Waals surface area contributed by atoms with Crippen LogP contribution in [0.15, 0.2) is 24.3 Å². The summed E-state index contributed by atoms with van der Waals surface area (Å²) in [5.41, 5.74) is 0.173. The van der Waals surface area contributed by atoms with Crippen molar-refractivity contribution in [2.75, 3.05) is 18.4 Å². The molecule has 5 heteroatoms. The van der Waals surface area contributed by atoms with Crippen LogP contribution in [0.5, 0.6) is 0 Å².